The van der Waals surface area contributed by atoms with Crippen LogP contribution in [0.5, 0.6) is 0 Å². The SMILES string of the molecule is CN(Cc1ccc(F)cc1F)CC(O)COCc1ccccc1F. The van der Waals surface area contributed by atoms with Gasteiger partial charge in [0, 0.05) is 30.3 Å². The number of ether oxygens (including phenoxy) is 1. The third-order valence-electron chi connectivity index (χ3n) is 3.50. The number of nitrogens with zero attached hydrogens (tertiary/aromatic N) is 1. The molecule has 0 aromatic heterocycles. The maximum Gasteiger partial charge on any atom is 0.130 e. The van der Waals surface area contributed by atoms with Gasteiger partial charge < -0.3 is 9.84 Å². The van der Waals surface area contributed by atoms with Crippen LogP contribution >= 0.6 is 0 Å². The zero-order valence-corrected chi connectivity index (χ0v) is 13.4. The van der Waals surface area contributed by atoms with Crippen LogP contribution in [0.2, 0.25) is 0 Å². The number of likely N-dealkylation sites (N-methyl/N-ethyl adjacent to an activating group) is 1. The molecule has 2 aromatic carbocycles. The molecule has 3 nitrogen and oxygen atoms in total. The summed E-state index contributed by atoms with van der Waals surface area (Å²) in [4.78, 5) is 1.70. The molecular weight excluding hydrogens is 319 g/mol. The summed E-state index contributed by atoms with van der Waals surface area (Å²) < 4.78 is 45.2. The molecule has 1 N–H and O–H groups in total. The van der Waals surface area contributed by atoms with Crippen LogP contribution in [0, 0.1) is 17.5 Å². The van der Waals surface area contributed by atoms with Gasteiger partial charge in [-0.05, 0) is 19.2 Å². The molecule has 0 spiro atoms. The molecule has 1 atom stereocenters. The molecule has 1 unspecified atom stereocenters. The Morgan fingerprint density at radius 1 is 1.04 bits per heavy atom. The molecule has 0 aliphatic rings. The first-order chi connectivity index (χ1) is 11.5. The highest BCUT2D eigenvalue weighted by atomic mass is 19.1. The Morgan fingerprint density at radius 2 is 1.79 bits per heavy atom. The topological polar surface area (TPSA) is 32.7 Å². The number of halogens is 3. The second kappa shape index (κ2) is 8.82. The predicted octanol–water partition coefficient (Wildman–Crippen LogP) is 3.11. The fraction of sp³-hybridized carbons (Fsp3) is 0.333. The summed E-state index contributed by atoms with van der Waals surface area (Å²) in [5, 5.41) is 9.94. The van der Waals surface area contributed by atoms with E-state index in [1.165, 1.54) is 18.2 Å². The average Bonchev–Trinajstić information content (AvgIpc) is 2.52. The Bertz CT molecular complexity index is 666. The van der Waals surface area contributed by atoms with Crippen LogP contribution in [0.3, 0.4) is 0 Å². The summed E-state index contributed by atoms with van der Waals surface area (Å²) in [6.45, 7) is 0.579. The van der Waals surface area contributed by atoms with E-state index >= 15 is 0 Å². The van der Waals surface area contributed by atoms with Gasteiger partial charge in [-0.2, -0.15) is 0 Å². The quantitative estimate of drug-likeness (QED) is 0.802. The minimum atomic E-state index is -0.801. The normalized spacial score (nSPS) is 12.6. The molecule has 0 saturated carbocycles. The summed E-state index contributed by atoms with van der Waals surface area (Å²) >= 11 is 0. The lowest BCUT2D eigenvalue weighted by Gasteiger charge is -2.21. The lowest BCUT2D eigenvalue weighted by Crippen LogP contribution is -2.32. The van der Waals surface area contributed by atoms with Crippen molar-refractivity contribution in [2.45, 2.75) is 19.3 Å². The number of benzene rings is 2. The highest BCUT2D eigenvalue weighted by molar-refractivity contribution is 5.18. The molecule has 6 heteroatoms. The van der Waals surface area contributed by atoms with Gasteiger partial charge in [-0.25, -0.2) is 13.2 Å². The first-order valence-corrected chi connectivity index (χ1v) is 7.57. The third kappa shape index (κ3) is 5.63. The van der Waals surface area contributed by atoms with Gasteiger partial charge in [-0.15, -0.1) is 0 Å². The molecule has 0 bridgehead atoms. The zero-order valence-electron chi connectivity index (χ0n) is 13.4. The molecule has 0 saturated heterocycles. The van der Waals surface area contributed by atoms with Crippen molar-refractivity contribution < 1.29 is 23.0 Å². The molecule has 0 aliphatic carbocycles. The first kappa shape index (κ1) is 18.4. The number of aliphatic hydroxyl groups excluding tert-OH is 1. The molecule has 0 amide bonds. The van der Waals surface area contributed by atoms with Crippen LogP contribution in [0.25, 0.3) is 0 Å². The summed E-state index contributed by atoms with van der Waals surface area (Å²) in [6, 6.07) is 9.67. The second-order valence-electron chi connectivity index (χ2n) is 5.69. The first-order valence-electron chi connectivity index (χ1n) is 7.57. The minimum Gasteiger partial charge on any atom is -0.389 e. The summed E-state index contributed by atoms with van der Waals surface area (Å²) in [7, 11) is 1.71. The highest BCUT2D eigenvalue weighted by Crippen LogP contribution is 2.12. The molecule has 0 heterocycles. The number of aliphatic hydroxyl groups is 1. The average molecular weight is 339 g/mol. The van der Waals surface area contributed by atoms with Gasteiger partial charge >= 0.3 is 0 Å². The van der Waals surface area contributed by atoms with Gasteiger partial charge in [0.15, 0.2) is 0 Å². The van der Waals surface area contributed by atoms with Gasteiger partial charge in [0.1, 0.15) is 17.5 Å². The molecule has 2 aromatic rings. The lowest BCUT2D eigenvalue weighted by molar-refractivity contribution is 0.0118. The molecule has 0 radical (unpaired) electrons. The van der Waals surface area contributed by atoms with Crippen molar-refractivity contribution in [1.82, 2.24) is 4.90 Å². The van der Waals surface area contributed by atoms with Crippen molar-refractivity contribution in [2.75, 3.05) is 20.2 Å². The molecule has 130 valence electrons. The van der Waals surface area contributed by atoms with E-state index in [9.17, 15) is 18.3 Å². The lowest BCUT2D eigenvalue weighted by atomic mass is 10.2. The van der Waals surface area contributed by atoms with Gasteiger partial charge in [-0.1, -0.05) is 24.3 Å². The Morgan fingerprint density at radius 3 is 2.50 bits per heavy atom. The van der Waals surface area contributed by atoms with Crippen molar-refractivity contribution in [3.05, 3.63) is 71.0 Å². The maximum atomic E-state index is 13.6. The molecular formula is C18H20F3NO2. The standard InChI is InChI=1S/C18H20F3NO2/c1-22(9-13-6-7-15(19)8-18(13)21)10-16(23)12-24-11-14-4-2-3-5-17(14)20/h2-8,16,23H,9-12H2,1H3. The number of rotatable bonds is 8. The van der Waals surface area contributed by atoms with E-state index in [1.54, 1.807) is 30.1 Å². The van der Waals surface area contributed by atoms with Crippen LogP contribution in [0.15, 0.2) is 42.5 Å². The number of hydrogen-bond acceptors (Lipinski definition) is 3. The highest BCUT2D eigenvalue weighted by Gasteiger charge is 2.12. The van der Waals surface area contributed by atoms with Crippen molar-refractivity contribution in [3.8, 4) is 0 Å². The fourth-order valence-electron chi connectivity index (χ4n) is 2.34. The fourth-order valence-corrected chi connectivity index (χ4v) is 2.34. The minimum absolute atomic E-state index is 0.0323. The largest absolute Gasteiger partial charge is 0.389 e. The van der Waals surface area contributed by atoms with Crippen LogP contribution in [0.4, 0.5) is 13.2 Å². The summed E-state index contributed by atoms with van der Waals surface area (Å²) in [5.41, 5.74) is 0.768. The van der Waals surface area contributed by atoms with Gasteiger partial charge in [-0.3, -0.25) is 4.90 Å². The van der Waals surface area contributed by atoms with Crippen molar-refractivity contribution in [1.29, 1.82) is 0 Å². The number of hydrogen-bond donors (Lipinski definition) is 1. The van der Waals surface area contributed by atoms with E-state index in [-0.39, 0.29) is 32.1 Å². The van der Waals surface area contributed by atoms with E-state index < -0.39 is 17.7 Å². The van der Waals surface area contributed by atoms with E-state index in [0.29, 0.717) is 11.1 Å². The van der Waals surface area contributed by atoms with E-state index in [0.717, 1.165) is 6.07 Å². The van der Waals surface area contributed by atoms with E-state index in [2.05, 4.69) is 0 Å². The molecule has 2 rings (SSSR count). The molecule has 24 heavy (non-hydrogen) atoms. The van der Waals surface area contributed by atoms with Crippen molar-refractivity contribution in [3.63, 3.8) is 0 Å². The zero-order chi connectivity index (χ0) is 17.5. The van der Waals surface area contributed by atoms with Crippen molar-refractivity contribution in [2.24, 2.45) is 0 Å². The maximum absolute atomic E-state index is 13.6. The second-order valence-corrected chi connectivity index (χ2v) is 5.69. The molecule has 0 fully saturated rings. The Balaban J connectivity index is 1.75. The summed E-state index contributed by atoms with van der Waals surface area (Å²) in [6.07, 6.45) is -0.801. The molecule has 0 aliphatic heterocycles. The summed E-state index contributed by atoms with van der Waals surface area (Å²) in [5.74, 6) is -1.59. The smallest absolute Gasteiger partial charge is 0.130 e. The van der Waals surface area contributed by atoms with Gasteiger partial charge in [0.2, 0.25) is 0 Å². The van der Waals surface area contributed by atoms with Crippen molar-refractivity contribution >= 4 is 0 Å². The third-order valence-corrected chi connectivity index (χ3v) is 3.50. The van der Waals surface area contributed by atoms with Gasteiger partial charge in [0.05, 0.1) is 19.3 Å². The van der Waals surface area contributed by atoms with Crippen LogP contribution < -0.4 is 0 Å². The predicted molar refractivity (Wildman–Crippen MR) is 84.8 cm³/mol. The van der Waals surface area contributed by atoms with E-state index in [4.69, 9.17) is 4.74 Å². The van der Waals surface area contributed by atoms with E-state index in [1.807, 2.05) is 0 Å². The van der Waals surface area contributed by atoms with Gasteiger partial charge in [0.25, 0.3) is 0 Å². The van der Waals surface area contributed by atoms with Crippen LogP contribution in [-0.4, -0.2) is 36.3 Å². The monoisotopic (exact) mass is 339 g/mol. The van der Waals surface area contributed by atoms with Crippen LogP contribution in [-0.2, 0) is 17.9 Å². The Kier molecular flexibility index (Phi) is 6.78. The van der Waals surface area contributed by atoms with Crippen LogP contribution in [0.1, 0.15) is 11.1 Å². The Hall–Kier alpha value is -1.89. The Labute approximate surface area is 139 Å².